The lowest BCUT2D eigenvalue weighted by Crippen LogP contribution is -2.26. The highest BCUT2D eigenvalue weighted by molar-refractivity contribution is 7.98. The van der Waals surface area contributed by atoms with E-state index < -0.39 is 0 Å². The highest BCUT2D eigenvalue weighted by atomic mass is 32.2. The maximum absolute atomic E-state index is 12.9. The van der Waals surface area contributed by atoms with E-state index in [-0.39, 0.29) is 5.56 Å². The largest absolute Gasteiger partial charge is 0.291 e. The molecule has 0 N–H and O–H groups in total. The van der Waals surface area contributed by atoms with Gasteiger partial charge in [0.25, 0.3) is 5.56 Å². The summed E-state index contributed by atoms with van der Waals surface area (Å²) in [5.74, 6) is 0.803. The van der Waals surface area contributed by atoms with E-state index >= 15 is 0 Å². The van der Waals surface area contributed by atoms with E-state index in [4.69, 9.17) is 4.98 Å². The van der Waals surface area contributed by atoms with Crippen LogP contribution in [0.2, 0.25) is 0 Å². The molecule has 0 unspecified atom stereocenters. The third-order valence-electron chi connectivity index (χ3n) is 4.67. The molecule has 1 heterocycles. The molecule has 0 amide bonds. The molecule has 4 heteroatoms. The number of benzene rings is 2. The van der Waals surface area contributed by atoms with Crippen LogP contribution in [0.5, 0.6) is 0 Å². The topological polar surface area (TPSA) is 34.9 Å². The summed E-state index contributed by atoms with van der Waals surface area (Å²) in [5, 5.41) is 0.765. The maximum Gasteiger partial charge on any atom is 0.257 e. The fourth-order valence-electron chi connectivity index (χ4n) is 2.89. The fourth-order valence-corrected chi connectivity index (χ4v) is 3.86. The van der Waals surface area contributed by atoms with Crippen molar-refractivity contribution in [2.75, 3.05) is 0 Å². The van der Waals surface area contributed by atoms with Crippen LogP contribution in [0.1, 0.15) is 33.5 Å². The Hall–Kier alpha value is -2.33. The van der Waals surface area contributed by atoms with Crippen molar-refractivity contribution in [2.45, 2.75) is 38.1 Å². The van der Waals surface area contributed by atoms with Gasteiger partial charge in [0, 0.05) is 30.5 Å². The standard InChI is InChI=1S/C22H24N2OS/c1-15-9-11-18(12-10-15)14-26-22-23-17(3)20(21(25)24(22)4)13-19-8-6-5-7-16(19)2/h5-12H,13-14H2,1-4H3. The molecule has 1 aromatic heterocycles. The van der Waals surface area contributed by atoms with Crippen molar-refractivity contribution < 1.29 is 0 Å². The van der Waals surface area contributed by atoms with Crippen LogP contribution in [0.25, 0.3) is 0 Å². The van der Waals surface area contributed by atoms with Crippen molar-refractivity contribution in [2.24, 2.45) is 7.05 Å². The molecule has 2 aromatic carbocycles. The normalized spacial score (nSPS) is 10.9. The van der Waals surface area contributed by atoms with Gasteiger partial charge in [0.1, 0.15) is 0 Å². The van der Waals surface area contributed by atoms with Gasteiger partial charge in [-0.2, -0.15) is 0 Å². The second-order valence-electron chi connectivity index (χ2n) is 6.70. The Morgan fingerprint density at radius 3 is 2.38 bits per heavy atom. The van der Waals surface area contributed by atoms with Crippen LogP contribution in [0, 0.1) is 20.8 Å². The SMILES string of the molecule is Cc1ccc(CSc2nc(C)c(Cc3ccccc3C)c(=O)n2C)cc1. The van der Waals surface area contributed by atoms with Gasteiger partial charge in [-0.15, -0.1) is 0 Å². The van der Waals surface area contributed by atoms with E-state index in [1.165, 1.54) is 22.3 Å². The summed E-state index contributed by atoms with van der Waals surface area (Å²) in [6.07, 6.45) is 0.626. The minimum Gasteiger partial charge on any atom is -0.291 e. The predicted molar refractivity (Wildman–Crippen MR) is 109 cm³/mol. The average Bonchev–Trinajstić information content (AvgIpc) is 2.63. The van der Waals surface area contributed by atoms with E-state index in [1.807, 2.05) is 26.1 Å². The zero-order chi connectivity index (χ0) is 18.7. The van der Waals surface area contributed by atoms with Crippen molar-refractivity contribution in [3.8, 4) is 0 Å². The fraction of sp³-hybridized carbons (Fsp3) is 0.273. The van der Waals surface area contributed by atoms with E-state index in [1.54, 1.807) is 16.3 Å². The summed E-state index contributed by atoms with van der Waals surface area (Å²) in [5.41, 5.74) is 6.51. The minimum absolute atomic E-state index is 0.0483. The Balaban J connectivity index is 1.84. The van der Waals surface area contributed by atoms with Gasteiger partial charge in [-0.1, -0.05) is 65.9 Å². The van der Waals surface area contributed by atoms with Gasteiger partial charge in [0.2, 0.25) is 0 Å². The van der Waals surface area contributed by atoms with Gasteiger partial charge in [-0.25, -0.2) is 4.98 Å². The summed E-state index contributed by atoms with van der Waals surface area (Å²) in [4.78, 5) is 17.6. The van der Waals surface area contributed by atoms with Crippen LogP contribution in [0.4, 0.5) is 0 Å². The molecule has 0 aliphatic carbocycles. The summed E-state index contributed by atoms with van der Waals surface area (Å²) in [7, 11) is 1.81. The Labute approximate surface area is 159 Å². The molecule has 3 nitrogen and oxygen atoms in total. The van der Waals surface area contributed by atoms with Gasteiger partial charge < -0.3 is 0 Å². The lowest BCUT2D eigenvalue weighted by molar-refractivity contribution is 0.683. The monoisotopic (exact) mass is 364 g/mol. The van der Waals surface area contributed by atoms with Gasteiger partial charge in [-0.05, 0) is 37.5 Å². The molecule has 0 spiro atoms. The third kappa shape index (κ3) is 4.07. The minimum atomic E-state index is 0.0483. The molecule has 0 saturated carbocycles. The third-order valence-corrected chi connectivity index (χ3v) is 5.77. The van der Waals surface area contributed by atoms with Crippen LogP contribution in [-0.2, 0) is 19.2 Å². The van der Waals surface area contributed by atoms with Crippen LogP contribution in [0.15, 0.2) is 58.5 Å². The molecular weight excluding hydrogens is 340 g/mol. The molecule has 0 atom stereocenters. The summed E-state index contributed by atoms with van der Waals surface area (Å²) < 4.78 is 1.68. The number of aromatic nitrogens is 2. The second kappa shape index (κ2) is 7.92. The van der Waals surface area contributed by atoms with Crippen LogP contribution in [-0.4, -0.2) is 9.55 Å². The van der Waals surface area contributed by atoms with Crippen LogP contribution in [0.3, 0.4) is 0 Å². The van der Waals surface area contributed by atoms with Crippen molar-refractivity contribution >= 4 is 11.8 Å². The van der Waals surface area contributed by atoms with Crippen molar-refractivity contribution in [3.63, 3.8) is 0 Å². The molecule has 0 aliphatic heterocycles. The highest BCUT2D eigenvalue weighted by Gasteiger charge is 2.13. The first-order chi connectivity index (χ1) is 12.5. The van der Waals surface area contributed by atoms with Gasteiger partial charge in [0.15, 0.2) is 5.16 Å². The molecule has 0 fully saturated rings. The molecule has 3 rings (SSSR count). The smallest absolute Gasteiger partial charge is 0.257 e. The number of rotatable bonds is 5. The van der Waals surface area contributed by atoms with E-state index in [0.717, 1.165) is 22.2 Å². The summed E-state index contributed by atoms with van der Waals surface area (Å²) >= 11 is 1.60. The lowest BCUT2D eigenvalue weighted by Gasteiger charge is -2.13. The summed E-state index contributed by atoms with van der Waals surface area (Å²) in [6.45, 7) is 6.10. The van der Waals surface area contributed by atoms with E-state index in [0.29, 0.717) is 6.42 Å². The number of aryl methyl sites for hydroxylation is 3. The quantitative estimate of drug-likeness (QED) is 0.491. The van der Waals surface area contributed by atoms with E-state index in [9.17, 15) is 4.79 Å². The Morgan fingerprint density at radius 1 is 1.00 bits per heavy atom. The highest BCUT2D eigenvalue weighted by Crippen LogP contribution is 2.22. The van der Waals surface area contributed by atoms with Crippen molar-refractivity contribution in [3.05, 3.63) is 92.4 Å². The average molecular weight is 365 g/mol. The molecule has 0 radical (unpaired) electrons. The first-order valence-corrected chi connectivity index (χ1v) is 9.73. The molecule has 0 saturated heterocycles. The maximum atomic E-state index is 12.9. The lowest BCUT2D eigenvalue weighted by atomic mass is 10.0. The van der Waals surface area contributed by atoms with Gasteiger partial charge in [-0.3, -0.25) is 9.36 Å². The van der Waals surface area contributed by atoms with Crippen molar-refractivity contribution in [1.29, 1.82) is 0 Å². The number of hydrogen-bond donors (Lipinski definition) is 0. The molecular formula is C22H24N2OS. The Morgan fingerprint density at radius 2 is 1.69 bits per heavy atom. The predicted octanol–water partition coefficient (Wildman–Crippen LogP) is 4.59. The first-order valence-electron chi connectivity index (χ1n) is 8.75. The molecule has 26 heavy (non-hydrogen) atoms. The molecule has 0 bridgehead atoms. The summed E-state index contributed by atoms with van der Waals surface area (Å²) in [6, 6.07) is 16.7. The van der Waals surface area contributed by atoms with Crippen LogP contribution >= 0.6 is 11.8 Å². The van der Waals surface area contributed by atoms with Gasteiger partial charge in [0.05, 0.1) is 0 Å². The Bertz CT molecular complexity index is 974. The number of thioether (sulfide) groups is 1. The van der Waals surface area contributed by atoms with Crippen LogP contribution < -0.4 is 5.56 Å². The number of nitrogens with zero attached hydrogens (tertiary/aromatic N) is 2. The molecule has 0 aliphatic rings. The number of hydrogen-bond acceptors (Lipinski definition) is 3. The van der Waals surface area contributed by atoms with Crippen molar-refractivity contribution in [1.82, 2.24) is 9.55 Å². The van der Waals surface area contributed by atoms with Gasteiger partial charge >= 0.3 is 0 Å². The zero-order valence-corrected chi connectivity index (χ0v) is 16.6. The Kier molecular flexibility index (Phi) is 5.62. The molecule has 134 valence electrons. The first kappa shape index (κ1) is 18.5. The molecule has 3 aromatic rings. The second-order valence-corrected chi connectivity index (χ2v) is 7.64. The van der Waals surface area contributed by atoms with E-state index in [2.05, 4.69) is 50.2 Å². The zero-order valence-electron chi connectivity index (χ0n) is 15.7.